The lowest BCUT2D eigenvalue weighted by atomic mass is 10.1. The van der Waals surface area contributed by atoms with Crippen LogP contribution >= 0.6 is 0 Å². The number of aromatic nitrogens is 5. The molecule has 3 heterocycles. The molecule has 0 aliphatic carbocycles. The quantitative estimate of drug-likeness (QED) is 0.328. The minimum atomic E-state index is 0.266. The van der Waals surface area contributed by atoms with Crippen LogP contribution in [0.15, 0.2) is 73.1 Å². The Morgan fingerprint density at radius 1 is 0.667 bits per heavy atom. The summed E-state index contributed by atoms with van der Waals surface area (Å²) in [6.45, 7) is 4.36. The van der Waals surface area contributed by atoms with Crippen LogP contribution < -0.4 is 20.4 Å². The summed E-state index contributed by atoms with van der Waals surface area (Å²) in [6.07, 6.45) is 4.31. The van der Waals surface area contributed by atoms with Gasteiger partial charge in [-0.2, -0.15) is 15.0 Å². The molecule has 36 heavy (non-hydrogen) atoms. The highest BCUT2D eigenvalue weighted by Crippen LogP contribution is 2.18. The lowest BCUT2D eigenvalue weighted by Gasteiger charge is -2.34. The van der Waals surface area contributed by atoms with Crippen molar-refractivity contribution in [2.75, 3.05) is 53.2 Å². The number of hydrogen-bond acceptors (Lipinski definition) is 10. The molecule has 1 aliphatic rings. The van der Waals surface area contributed by atoms with Crippen LogP contribution in [0.1, 0.15) is 11.1 Å². The monoisotopic (exact) mass is 483 g/mol. The molecule has 0 radical (unpaired) electrons. The predicted octanol–water partition coefficient (Wildman–Crippen LogP) is 2.96. The number of phenols is 1. The summed E-state index contributed by atoms with van der Waals surface area (Å²) >= 11 is 0. The number of nitrogens with zero attached hydrogens (tertiary/aromatic N) is 7. The van der Waals surface area contributed by atoms with E-state index >= 15 is 0 Å². The smallest absolute Gasteiger partial charge is 0.232 e. The maximum Gasteiger partial charge on any atom is 0.232 e. The van der Waals surface area contributed by atoms with E-state index < -0.39 is 0 Å². The number of nitrogens with one attached hydrogen (secondary N) is 2. The van der Waals surface area contributed by atoms with Crippen LogP contribution in [0, 0.1) is 0 Å². The Morgan fingerprint density at radius 3 is 2.00 bits per heavy atom. The molecular formula is C26H29N9O. The zero-order chi connectivity index (χ0) is 24.6. The van der Waals surface area contributed by atoms with E-state index in [1.54, 1.807) is 24.5 Å². The van der Waals surface area contributed by atoms with E-state index in [9.17, 15) is 5.11 Å². The fraction of sp³-hybridized carbons (Fsp3) is 0.269. The fourth-order valence-corrected chi connectivity index (χ4v) is 3.98. The number of rotatable bonds is 9. The third kappa shape index (κ3) is 6.15. The van der Waals surface area contributed by atoms with E-state index in [0.717, 1.165) is 49.7 Å². The van der Waals surface area contributed by atoms with Crippen molar-refractivity contribution in [3.8, 4) is 5.75 Å². The van der Waals surface area contributed by atoms with Gasteiger partial charge < -0.3 is 25.5 Å². The molecule has 4 aromatic rings. The Bertz CT molecular complexity index is 1230. The molecule has 2 aromatic carbocycles. The Hall–Kier alpha value is -4.47. The van der Waals surface area contributed by atoms with Crippen molar-refractivity contribution in [2.45, 2.75) is 13.0 Å². The van der Waals surface area contributed by atoms with Crippen molar-refractivity contribution in [1.82, 2.24) is 24.9 Å². The Labute approximate surface area is 210 Å². The van der Waals surface area contributed by atoms with E-state index in [0.29, 0.717) is 30.9 Å². The molecule has 1 saturated heterocycles. The average Bonchev–Trinajstić information content (AvgIpc) is 2.94. The van der Waals surface area contributed by atoms with Gasteiger partial charge in [0.25, 0.3) is 0 Å². The van der Waals surface area contributed by atoms with Crippen LogP contribution in [0.5, 0.6) is 5.75 Å². The standard InChI is InChI=1S/C26H29N9O/c36-22-9-7-20(8-10-22)11-14-27-23-31-24(30-19-21-5-2-1-3-6-21)33-26(32-23)35-17-15-34(16-18-35)25-28-12-4-13-29-25/h1-10,12-13,36H,11,14-19H2,(H2,27,30,31,32,33). The van der Waals surface area contributed by atoms with Gasteiger partial charge in [-0.25, -0.2) is 9.97 Å². The number of anilines is 4. The van der Waals surface area contributed by atoms with Gasteiger partial charge in [0, 0.05) is 51.7 Å². The minimum Gasteiger partial charge on any atom is -0.508 e. The van der Waals surface area contributed by atoms with Crippen molar-refractivity contribution < 1.29 is 5.11 Å². The first-order valence-corrected chi connectivity index (χ1v) is 12.1. The summed E-state index contributed by atoms with van der Waals surface area (Å²) in [5.74, 6) is 2.71. The van der Waals surface area contributed by atoms with E-state index in [1.807, 2.05) is 36.4 Å². The third-order valence-electron chi connectivity index (χ3n) is 5.95. The summed E-state index contributed by atoms with van der Waals surface area (Å²) in [4.78, 5) is 27.1. The van der Waals surface area contributed by atoms with Gasteiger partial charge in [-0.1, -0.05) is 42.5 Å². The second-order valence-electron chi connectivity index (χ2n) is 8.49. The van der Waals surface area contributed by atoms with Crippen LogP contribution in [0.2, 0.25) is 0 Å². The second kappa shape index (κ2) is 11.3. The number of hydrogen-bond donors (Lipinski definition) is 3. The van der Waals surface area contributed by atoms with Crippen molar-refractivity contribution >= 4 is 23.8 Å². The number of benzene rings is 2. The highest BCUT2D eigenvalue weighted by Gasteiger charge is 2.22. The summed E-state index contributed by atoms with van der Waals surface area (Å²) in [7, 11) is 0. The van der Waals surface area contributed by atoms with E-state index in [1.165, 1.54) is 0 Å². The zero-order valence-corrected chi connectivity index (χ0v) is 20.0. The van der Waals surface area contributed by atoms with Crippen molar-refractivity contribution in [2.24, 2.45) is 0 Å². The predicted molar refractivity (Wildman–Crippen MR) is 140 cm³/mol. The van der Waals surface area contributed by atoms with Crippen molar-refractivity contribution in [3.63, 3.8) is 0 Å². The summed E-state index contributed by atoms with van der Waals surface area (Å²) < 4.78 is 0. The average molecular weight is 484 g/mol. The van der Waals surface area contributed by atoms with Crippen LogP contribution in [0.4, 0.5) is 23.8 Å². The minimum absolute atomic E-state index is 0.266. The van der Waals surface area contributed by atoms with Gasteiger partial charge in [0.05, 0.1) is 0 Å². The molecule has 0 bridgehead atoms. The van der Waals surface area contributed by atoms with E-state index in [2.05, 4.69) is 47.5 Å². The highest BCUT2D eigenvalue weighted by molar-refractivity contribution is 5.46. The van der Waals surface area contributed by atoms with Gasteiger partial charge in [-0.05, 0) is 35.7 Å². The van der Waals surface area contributed by atoms with E-state index in [4.69, 9.17) is 9.97 Å². The molecule has 10 nitrogen and oxygen atoms in total. The second-order valence-corrected chi connectivity index (χ2v) is 8.49. The Kier molecular flexibility index (Phi) is 7.31. The Balaban J connectivity index is 1.27. The molecule has 1 fully saturated rings. The Morgan fingerprint density at radius 2 is 1.31 bits per heavy atom. The SMILES string of the molecule is Oc1ccc(CCNc2nc(NCc3ccccc3)nc(N3CCN(c4ncccn4)CC3)n2)cc1. The first-order valence-electron chi connectivity index (χ1n) is 12.1. The largest absolute Gasteiger partial charge is 0.508 e. The van der Waals surface area contributed by atoms with Gasteiger partial charge in [0.2, 0.25) is 23.8 Å². The normalized spacial score (nSPS) is 13.4. The highest BCUT2D eigenvalue weighted by atomic mass is 16.3. The van der Waals surface area contributed by atoms with Crippen LogP contribution in [0.3, 0.4) is 0 Å². The molecule has 0 unspecified atom stereocenters. The van der Waals surface area contributed by atoms with Gasteiger partial charge in [-0.3, -0.25) is 0 Å². The number of phenolic OH excluding ortho intramolecular Hbond substituents is 1. The first kappa shape index (κ1) is 23.3. The molecule has 2 aromatic heterocycles. The van der Waals surface area contributed by atoms with Crippen LogP contribution in [-0.4, -0.2) is 62.8 Å². The van der Waals surface area contributed by atoms with E-state index in [-0.39, 0.29) is 5.75 Å². The van der Waals surface area contributed by atoms with Crippen LogP contribution in [-0.2, 0) is 13.0 Å². The first-order chi connectivity index (χ1) is 17.7. The fourth-order valence-electron chi connectivity index (χ4n) is 3.98. The van der Waals surface area contributed by atoms with Crippen molar-refractivity contribution in [1.29, 1.82) is 0 Å². The number of piperazine rings is 1. The molecule has 0 spiro atoms. The van der Waals surface area contributed by atoms with Gasteiger partial charge in [0.1, 0.15) is 5.75 Å². The maximum absolute atomic E-state index is 9.49. The maximum atomic E-state index is 9.49. The molecule has 3 N–H and O–H groups in total. The summed E-state index contributed by atoms with van der Waals surface area (Å²) in [5, 5.41) is 16.2. The number of aromatic hydroxyl groups is 1. The van der Waals surface area contributed by atoms with Gasteiger partial charge in [0.15, 0.2) is 0 Å². The molecule has 0 amide bonds. The molecular weight excluding hydrogens is 454 g/mol. The molecule has 0 saturated carbocycles. The van der Waals surface area contributed by atoms with Gasteiger partial charge >= 0.3 is 0 Å². The third-order valence-corrected chi connectivity index (χ3v) is 5.95. The zero-order valence-electron chi connectivity index (χ0n) is 20.0. The van der Waals surface area contributed by atoms with Crippen molar-refractivity contribution in [3.05, 3.63) is 84.2 Å². The molecule has 5 rings (SSSR count). The summed E-state index contributed by atoms with van der Waals surface area (Å²) in [6, 6.07) is 19.2. The van der Waals surface area contributed by atoms with Gasteiger partial charge in [-0.15, -0.1) is 0 Å². The molecule has 184 valence electrons. The lowest BCUT2D eigenvalue weighted by molar-refractivity contribution is 0.475. The molecule has 0 atom stereocenters. The molecule has 10 heteroatoms. The lowest BCUT2D eigenvalue weighted by Crippen LogP contribution is -2.47. The summed E-state index contributed by atoms with van der Waals surface area (Å²) in [5.41, 5.74) is 2.27. The van der Waals surface area contributed by atoms with Crippen LogP contribution in [0.25, 0.3) is 0 Å². The molecule has 1 aliphatic heterocycles. The topological polar surface area (TPSA) is 115 Å².